The molecule has 1 aromatic heterocycles. The number of carbonyl (C=O) groups is 2. The molecule has 4 rings (SSSR count). The van der Waals surface area contributed by atoms with E-state index in [-0.39, 0.29) is 54.5 Å². The number of nitrogens with zero attached hydrogens (tertiary/aromatic N) is 1. The largest absolute Gasteiger partial charge is 0.347 e. The summed E-state index contributed by atoms with van der Waals surface area (Å²) in [6.07, 6.45) is 4.76. The highest BCUT2D eigenvalue weighted by Crippen LogP contribution is 2.58. The number of fused-ring (bicyclic) bond motifs is 1. The number of hydrogen-bond donors (Lipinski definition) is 3. The minimum absolute atomic E-state index is 0. The van der Waals surface area contributed by atoms with E-state index in [0.29, 0.717) is 5.69 Å². The fraction of sp³-hybridized carbons (Fsp3) is 0.421. The van der Waals surface area contributed by atoms with Gasteiger partial charge in [-0.15, -0.1) is 24.8 Å². The normalized spacial score (nSPS) is 19.5. The Bertz CT molecular complexity index is 819. The SMILES string of the molecule is Cl.Cl.O=C(CNC(=O)C1CC12CCNCC2)Nc1cccc2cccnc12. The summed E-state index contributed by atoms with van der Waals surface area (Å²) in [6.45, 7) is 1.96. The van der Waals surface area contributed by atoms with E-state index in [2.05, 4.69) is 20.9 Å². The lowest BCUT2D eigenvalue weighted by atomic mass is 9.92. The summed E-state index contributed by atoms with van der Waals surface area (Å²) in [6, 6.07) is 9.46. The predicted molar refractivity (Wildman–Crippen MR) is 111 cm³/mol. The zero-order valence-electron chi connectivity index (χ0n) is 14.9. The van der Waals surface area contributed by atoms with E-state index in [1.54, 1.807) is 6.20 Å². The highest BCUT2D eigenvalue weighted by Gasteiger charge is 2.57. The first kappa shape index (κ1) is 21.4. The smallest absolute Gasteiger partial charge is 0.243 e. The molecule has 0 radical (unpaired) electrons. The Morgan fingerprint density at radius 1 is 1.15 bits per heavy atom. The molecule has 27 heavy (non-hydrogen) atoms. The first-order valence-corrected chi connectivity index (χ1v) is 8.80. The van der Waals surface area contributed by atoms with Crippen LogP contribution in [0.4, 0.5) is 5.69 Å². The van der Waals surface area contributed by atoms with Crippen molar-refractivity contribution < 1.29 is 9.59 Å². The van der Waals surface area contributed by atoms with Crippen molar-refractivity contribution in [2.45, 2.75) is 19.3 Å². The van der Waals surface area contributed by atoms with Gasteiger partial charge in [0, 0.05) is 17.5 Å². The lowest BCUT2D eigenvalue weighted by molar-refractivity contribution is -0.125. The minimum atomic E-state index is -0.230. The number of halogens is 2. The van der Waals surface area contributed by atoms with E-state index >= 15 is 0 Å². The highest BCUT2D eigenvalue weighted by molar-refractivity contribution is 6.02. The van der Waals surface area contributed by atoms with Crippen molar-refractivity contribution in [1.29, 1.82) is 0 Å². The summed E-state index contributed by atoms with van der Waals surface area (Å²) >= 11 is 0. The number of piperidine rings is 1. The standard InChI is InChI=1S/C19H22N4O2.2ClH/c24-16(23-15-5-1-3-13-4-2-8-21-17(13)15)12-22-18(25)14-11-19(14)6-9-20-10-7-19;;/h1-5,8,14,20H,6-7,9-12H2,(H,22,25)(H,23,24);2*1H. The number of para-hydroxylation sites is 1. The number of aromatic nitrogens is 1. The molecule has 1 aliphatic carbocycles. The third-order valence-electron chi connectivity index (χ3n) is 5.44. The van der Waals surface area contributed by atoms with Gasteiger partial charge in [-0.2, -0.15) is 0 Å². The molecule has 2 heterocycles. The van der Waals surface area contributed by atoms with Crippen LogP contribution < -0.4 is 16.0 Å². The maximum atomic E-state index is 12.3. The van der Waals surface area contributed by atoms with Crippen molar-refractivity contribution in [1.82, 2.24) is 15.6 Å². The Morgan fingerprint density at radius 3 is 2.67 bits per heavy atom. The zero-order chi connectivity index (χ0) is 17.3. The first-order valence-electron chi connectivity index (χ1n) is 8.80. The average Bonchev–Trinajstić information content (AvgIpc) is 3.33. The molecule has 6 nitrogen and oxygen atoms in total. The van der Waals surface area contributed by atoms with Gasteiger partial charge in [-0.05, 0) is 49.9 Å². The molecule has 1 spiro atoms. The fourth-order valence-electron chi connectivity index (χ4n) is 3.89. The Kier molecular flexibility index (Phi) is 7.03. The molecule has 2 aromatic rings. The molecule has 2 fully saturated rings. The molecule has 1 atom stereocenters. The number of benzene rings is 1. The van der Waals surface area contributed by atoms with E-state index < -0.39 is 0 Å². The van der Waals surface area contributed by atoms with Crippen LogP contribution in [0.1, 0.15) is 19.3 Å². The molecule has 1 aromatic carbocycles. The molecule has 2 amide bonds. The molecule has 146 valence electrons. The van der Waals surface area contributed by atoms with Gasteiger partial charge >= 0.3 is 0 Å². The topological polar surface area (TPSA) is 83.1 Å². The van der Waals surface area contributed by atoms with Crippen LogP contribution in [-0.2, 0) is 9.59 Å². The molecule has 1 saturated heterocycles. The molecule has 0 bridgehead atoms. The van der Waals surface area contributed by atoms with Gasteiger partial charge in [0.15, 0.2) is 0 Å². The Hall–Kier alpha value is -1.89. The van der Waals surface area contributed by atoms with Crippen LogP contribution in [0.5, 0.6) is 0 Å². The molecule has 1 aliphatic heterocycles. The fourth-order valence-corrected chi connectivity index (χ4v) is 3.89. The van der Waals surface area contributed by atoms with Gasteiger partial charge in [-0.1, -0.05) is 18.2 Å². The maximum absolute atomic E-state index is 12.3. The number of nitrogens with one attached hydrogen (secondary N) is 3. The summed E-state index contributed by atoms with van der Waals surface area (Å²) in [4.78, 5) is 28.8. The summed E-state index contributed by atoms with van der Waals surface area (Å²) in [5, 5.41) is 9.93. The van der Waals surface area contributed by atoms with Gasteiger partial charge in [0.2, 0.25) is 11.8 Å². The van der Waals surface area contributed by atoms with Crippen molar-refractivity contribution in [3.05, 3.63) is 36.5 Å². The number of amides is 2. The Morgan fingerprint density at radius 2 is 1.89 bits per heavy atom. The second kappa shape index (κ2) is 8.87. The summed E-state index contributed by atoms with van der Waals surface area (Å²) < 4.78 is 0. The van der Waals surface area contributed by atoms with Crippen molar-refractivity contribution in [3.8, 4) is 0 Å². The van der Waals surface area contributed by atoms with Gasteiger partial charge in [0.1, 0.15) is 0 Å². The van der Waals surface area contributed by atoms with Gasteiger partial charge in [0.05, 0.1) is 17.7 Å². The third kappa shape index (κ3) is 4.51. The average molecular weight is 411 g/mol. The highest BCUT2D eigenvalue weighted by atomic mass is 35.5. The summed E-state index contributed by atoms with van der Waals surface area (Å²) in [5.74, 6) is -0.152. The summed E-state index contributed by atoms with van der Waals surface area (Å²) in [7, 11) is 0. The zero-order valence-corrected chi connectivity index (χ0v) is 16.5. The monoisotopic (exact) mass is 410 g/mol. The van der Waals surface area contributed by atoms with Crippen molar-refractivity contribution in [2.75, 3.05) is 25.0 Å². The van der Waals surface area contributed by atoms with Crippen LogP contribution in [-0.4, -0.2) is 36.4 Å². The van der Waals surface area contributed by atoms with Crippen LogP contribution in [0.25, 0.3) is 10.9 Å². The second-order valence-electron chi connectivity index (χ2n) is 7.02. The number of anilines is 1. The number of rotatable bonds is 4. The first-order chi connectivity index (χ1) is 12.2. The minimum Gasteiger partial charge on any atom is -0.347 e. The van der Waals surface area contributed by atoms with Crippen molar-refractivity contribution >= 4 is 53.2 Å². The van der Waals surface area contributed by atoms with Gasteiger partial charge < -0.3 is 16.0 Å². The van der Waals surface area contributed by atoms with Crippen molar-refractivity contribution in [3.63, 3.8) is 0 Å². The van der Waals surface area contributed by atoms with Gasteiger partial charge in [-0.25, -0.2) is 0 Å². The van der Waals surface area contributed by atoms with Crippen molar-refractivity contribution in [2.24, 2.45) is 11.3 Å². The molecule has 1 unspecified atom stereocenters. The van der Waals surface area contributed by atoms with E-state index in [1.807, 2.05) is 30.3 Å². The Balaban J connectivity index is 0.00000131. The molecule has 3 N–H and O–H groups in total. The maximum Gasteiger partial charge on any atom is 0.243 e. The predicted octanol–water partition coefficient (Wildman–Crippen LogP) is 2.52. The van der Waals surface area contributed by atoms with E-state index in [1.165, 1.54) is 0 Å². The van der Waals surface area contributed by atoms with E-state index in [0.717, 1.165) is 43.3 Å². The summed E-state index contributed by atoms with van der Waals surface area (Å²) in [5.41, 5.74) is 1.60. The number of carbonyl (C=O) groups excluding carboxylic acids is 2. The van der Waals surface area contributed by atoms with Crippen LogP contribution >= 0.6 is 24.8 Å². The van der Waals surface area contributed by atoms with E-state index in [4.69, 9.17) is 0 Å². The van der Waals surface area contributed by atoms with Crippen LogP contribution in [0.3, 0.4) is 0 Å². The van der Waals surface area contributed by atoms with Gasteiger partial charge in [-0.3, -0.25) is 14.6 Å². The second-order valence-corrected chi connectivity index (χ2v) is 7.02. The molecule has 2 aliphatic rings. The van der Waals surface area contributed by atoms with Gasteiger partial charge in [0.25, 0.3) is 0 Å². The van der Waals surface area contributed by atoms with Crippen LogP contribution in [0.2, 0.25) is 0 Å². The lowest BCUT2D eigenvalue weighted by Gasteiger charge is -2.23. The quantitative estimate of drug-likeness (QED) is 0.722. The van der Waals surface area contributed by atoms with Crippen LogP contribution in [0.15, 0.2) is 36.5 Å². The Labute approximate surface area is 170 Å². The molecular formula is C19H24Cl2N4O2. The molecule has 1 saturated carbocycles. The molecular weight excluding hydrogens is 387 g/mol. The number of hydrogen-bond acceptors (Lipinski definition) is 4. The lowest BCUT2D eigenvalue weighted by Crippen LogP contribution is -2.37. The number of pyridine rings is 1. The van der Waals surface area contributed by atoms with E-state index in [9.17, 15) is 9.59 Å². The van der Waals surface area contributed by atoms with Crippen LogP contribution in [0, 0.1) is 11.3 Å². The third-order valence-corrected chi connectivity index (χ3v) is 5.44. The molecule has 8 heteroatoms.